The normalized spacial score (nSPS) is 17.2. The molecular formula is C29H34F3N3O6. The van der Waals surface area contributed by atoms with Gasteiger partial charge in [-0.2, -0.15) is 13.2 Å². The van der Waals surface area contributed by atoms with E-state index in [4.69, 9.17) is 9.47 Å². The minimum atomic E-state index is -5.12. The van der Waals surface area contributed by atoms with Crippen molar-refractivity contribution in [3.05, 3.63) is 65.9 Å². The van der Waals surface area contributed by atoms with E-state index < -0.39 is 54.4 Å². The van der Waals surface area contributed by atoms with Crippen LogP contribution in [-0.4, -0.2) is 76.3 Å². The van der Waals surface area contributed by atoms with Gasteiger partial charge in [0.15, 0.2) is 17.6 Å². The molecule has 3 atom stereocenters. The number of hydrazine groups is 1. The van der Waals surface area contributed by atoms with Gasteiger partial charge >= 0.3 is 6.18 Å². The molecule has 1 heterocycles. The van der Waals surface area contributed by atoms with Crippen molar-refractivity contribution in [1.29, 1.82) is 0 Å². The Morgan fingerprint density at radius 3 is 2.12 bits per heavy atom. The molecule has 222 valence electrons. The number of carbonyl (C=O) groups is 3. The summed E-state index contributed by atoms with van der Waals surface area (Å²) in [7, 11) is 2.80. The molecule has 3 unspecified atom stereocenters. The third kappa shape index (κ3) is 6.64. The van der Waals surface area contributed by atoms with Crippen molar-refractivity contribution in [3.63, 3.8) is 0 Å². The van der Waals surface area contributed by atoms with Crippen molar-refractivity contribution >= 4 is 23.4 Å². The van der Waals surface area contributed by atoms with Gasteiger partial charge in [0.25, 0.3) is 5.91 Å². The SMILES string of the molecule is COc1ccc(C2=CN(C(C)=O)C(C(C)C)C(=O)N2N(C(C)=O)C(Cc2ccccc2)C(O)C(F)(F)F)cc1OC. The number of halogens is 3. The van der Waals surface area contributed by atoms with Crippen molar-refractivity contribution in [3.8, 4) is 11.5 Å². The van der Waals surface area contributed by atoms with Crippen LogP contribution in [0.3, 0.4) is 0 Å². The summed E-state index contributed by atoms with van der Waals surface area (Å²) in [5.41, 5.74) is 0.584. The highest BCUT2D eigenvalue weighted by atomic mass is 19.4. The first-order valence-corrected chi connectivity index (χ1v) is 12.9. The lowest BCUT2D eigenvalue weighted by atomic mass is 9.96. The number of carbonyl (C=O) groups excluding carboxylic acids is 3. The van der Waals surface area contributed by atoms with Crippen LogP contribution in [0.4, 0.5) is 13.2 Å². The van der Waals surface area contributed by atoms with Crippen LogP contribution in [0, 0.1) is 5.92 Å². The number of rotatable bonds is 9. The topological polar surface area (TPSA) is 99.6 Å². The lowest BCUT2D eigenvalue weighted by Crippen LogP contribution is -2.65. The van der Waals surface area contributed by atoms with Gasteiger partial charge in [0.2, 0.25) is 11.8 Å². The molecule has 2 aromatic carbocycles. The molecule has 3 amide bonds. The highest BCUT2D eigenvalue weighted by Crippen LogP contribution is 2.38. The number of amides is 3. The monoisotopic (exact) mass is 577 g/mol. The van der Waals surface area contributed by atoms with Gasteiger partial charge in [-0.25, -0.2) is 10.0 Å². The van der Waals surface area contributed by atoms with E-state index in [1.54, 1.807) is 44.2 Å². The summed E-state index contributed by atoms with van der Waals surface area (Å²) < 4.78 is 52.9. The summed E-state index contributed by atoms with van der Waals surface area (Å²) >= 11 is 0. The zero-order valence-corrected chi connectivity index (χ0v) is 23.7. The van der Waals surface area contributed by atoms with Crippen LogP contribution in [0.2, 0.25) is 0 Å². The fraction of sp³-hybridized carbons (Fsp3) is 0.414. The molecule has 41 heavy (non-hydrogen) atoms. The van der Waals surface area contributed by atoms with Gasteiger partial charge in [-0.15, -0.1) is 0 Å². The molecule has 3 rings (SSSR count). The molecule has 2 aromatic rings. The van der Waals surface area contributed by atoms with Crippen molar-refractivity contribution in [2.45, 2.75) is 58.5 Å². The van der Waals surface area contributed by atoms with Crippen molar-refractivity contribution in [2.24, 2.45) is 5.92 Å². The zero-order chi connectivity index (χ0) is 30.6. The Kier molecular flexibility index (Phi) is 9.69. The fourth-order valence-electron chi connectivity index (χ4n) is 4.87. The van der Waals surface area contributed by atoms with Gasteiger partial charge in [0, 0.05) is 25.6 Å². The Labute approximate surface area is 236 Å². The minimum absolute atomic E-state index is 0.0642. The molecule has 1 aliphatic rings. The van der Waals surface area contributed by atoms with Crippen LogP contribution in [0.15, 0.2) is 54.7 Å². The minimum Gasteiger partial charge on any atom is -0.493 e. The Hall–Kier alpha value is -4.06. The molecule has 0 saturated carbocycles. The number of hydrogen-bond donors (Lipinski definition) is 1. The van der Waals surface area contributed by atoms with E-state index in [0.29, 0.717) is 16.3 Å². The maximum atomic E-state index is 14.2. The van der Waals surface area contributed by atoms with Gasteiger partial charge in [-0.3, -0.25) is 14.4 Å². The summed E-state index contributed by atoms with van der Waals surface area (Å²) in [5, 5.41) is 12.1. The quantitative estimate of drug-likeness (QED) is 0.484. The molecule has 0 saturated heterocycles. The largest absolute Gasteiger partial charge is 0.493 e. The van der Waals surface area contributed by atoms with Crippen LogP contribution in [0.25, 0.3) is 5.70 Å². The fourth-order valence-corrected chi connectivity index (χ4v) is 4.87. The lowest BCUT2D eigenvalue weighted by molar-refractivity contribution is -0.232. The van der Waals surface area contributed by atoms with Crippen molar-refractivity contribution < 1.29 is 42.1 Å². The molecule has 1 aliphatic heterocycles. The third-order valence-electron chi connectivity index (χ3n) is 6.77. The molecule has 0 bridgehead atoms. The van der Waals surface area contributed by atoms with Gasteiger partial charge < -0.3 is 19.5 Å². The Bertz CT molecular complexity index is 1300. The first-order chi connectivity index (χ1) is 19.2. The predicted octanol–water partition coefficient (Wildman–Crippen LogP) is 4.02. The van der Waals surface area contributed by atoms with E-state index in [-0.39, 0.29) is 17.0 Å². The molecule has 1 N–H and O–H groups in total. The number of aliphatic hydroxyl groups is 1. The van der Waals surface area contributed by atoms with E-state index in [2.05, 4.69) is 0 Å². The van der Waals surface area contributed by atoms with Gasteiger partial charge in [-0.05, 0) is 36.1 Å². The summed E-state index contributed by atoms with van der Waals surface area (Å²) in [5.74, 6) is -2.12. The molecule has 0 fully saturated rings. The second kappa shape index (κ2) is 12.6. The van der Waals surface area contributed by atoms with E-state index >= 15 is 0 Å². The average molecular weight is 578 g/mol. The highest BCUT2D eigenvalue weighted by molar-refractivity contribution is 5.98. The molecular weight excluding hydrogens is 543 g/mol. The van der Waals surface area contributed by atoms with Crippen LogP contribution in [0.1, 0.15) is 38.8 Å². The van der Waals surface area contributed by atoms with E-state index in [0.717, 1.165) is 11.9 Å². The number of benzene rings is 2. The van der Waals surface area contributed by atoms with E-state index in [1.165, 1.54) is 50.4 Å². The zero-order valence-electron chi connectivity index (χ0n) is 23.7. The van der Waals surface area contributed by atoms with Crippen molar-refractivity contribution in [2.75, 3.05) is 14.2 Å². The maximum absolute atomic E-state index is 14.2. The second-order valence-corrected chi connectivity index (χ2v) is 9.96. The number of nitrogens with zero attached hydrogens (tertiary/aromatic N) is 3. The standard InChI is InChI=1S/C29H34F3N3O6/c1-17(2)26-28(39)35(23(16-33(26)18(3)36)21-12-13-24(40-5)25(15-21)41-6)34(19(4)37)22(27(38)29(30,31)32)14-20-10-8-7-9-11-20/h7-13,15-17,22,26-27,38H,14H2,1-6H3. The Morgan fingerprint density at radius 1 is 1.02 bits per heavy atom. The Morgan fingerprint density at radius 2 is 1.63 bits per heavy atom. The van der Waals surface area contributed by atoms with Crippen LogP contribution in [0.5, 0.6) is 11.5 Å². The van der Waals surface area contributed by atoms with Crippen LogP contribution in [-0.2, 0) is 20.8 Å². The summed E-state index contributed by atoms with van der Waals surface area (Å²) in [6, 6.07) is 9.48. The molecule has 0 radical (unpaired) electrons. The number of ether oxygens (including phenoxy) is 2. The van der Waals surface area contributed by atoms with E-state index in [9.17, 15) is 32.7 Å². The first-order valence-electron chi connectivity index (χ1n) is 12.9. The molecule has 9 nitrogen and oxygen atoms in total. The summed E-state index contributed by atoms with van der Waals surface area (Å²) in [6.07, 6.45) is -7.23. The predicted molar refractivity (Wildman–Crippen MR) is 144 cm³/mol. The Balaban J connectivity index is 2.33. The van der Waals surface area contributed by atoms with Gasteiger partial charge in [0.05, 0.1) is 26.0 Å². The van der Waals surface area contributed by atoms with Gasteiger partial charge in [-0.1, -0.05) is 44.2 Å². The first kappa shape index (κ1) is 31.5. The molecule has 0 aliphatic carbocycles. The number of alkyl halides is 3. The van der Waals surface area contributed by atoms with Crippen LogP contribution < -0.4 is 9.47 Å². The second-order valence-electron chi connectivity index (χ2n) is 9.96. The van der Waals surface area contributed by atoms with Crippen LogP contribution >= 0.6 is 0 Å². The smallest absolute Gasteiger partial charge is 0.416 e. The lowest BCUT2D eigenvalue weighted by Gasteiger charge is -2.48. The van der Waals surface area contributed by atoms with E-state index in [1.807, 2.05) is 0 Å². The number of aliphatic hydroxyl groups excluding tert-OH is 1. The third-order valence-corrected chi connectivity index (χ3v) is 6.77. The highest BCUT2D eigenvalue weighted by Gasteiger charge is 2.51. The number of hydrogen-bond acceptors (Lipinski definition) is 6. The molecule has 0 spiro atoms. The average Bonchev–Trinajstić information content (AvgIpc) is 2.91. The van der Waals surface area contributed by atoms with Gasteiger partial charge in [0.1, 0.15) is 6.04 Å². The molecule has 0 aromatic heterocycles. The van der Waals surface area contributed by atoms with Crippen molar-refractivity contribution in [1.82, 2.24) is 14.9 Å². The number of methoxy groups -OCH3 is 2. The molecule has 12 heteroatoms. The summed E-state index contributed by atoms with van der Waals surface area (Å²) in [6.45, 7) is 5.63. The summed E-state index contributed by atoms with van der Waals surface area (Å²) in [4.78, 5) is 41.3. The maximum Gasteiger partial charge on any atom is 0.416 e.